The first-order valence-corrected chi connectivity index (χ1v) is 7.81. The summed E-state index contributed by atoms with van der Waals surface area (Å²) in [7, 11) is 0. The number of ether oxygens (including phenoxy) is 2. The topological polar surface area (TPSA) is 66.0 Å². The third-order valence-corrected chi connectivity index (χ3v) is 4.31. The first-order valence-electron chi connectivity index (χ1n) is 7.81. The van der Waals surface area contributed by atoms with Gasteiger partial charge in [0.05, 0.1) is 0 Å². The number of nitriles is 2. The molecule has 1 atom stereocenters. The molecule has 3 rings (SSSR count). The highest BCUT2D eigenvalue weighted by Crippen LogP contribution is 2.36. The molecule has 0 spiro atoms. The summed E-state index contributed by atoms with van der Waals surface area (Å²) in [6, 6.07) is 15.4. The molecule has 4 heteroatoms. The predicted octanol–water partition coefficient (Wildman–Crippen LogP) is 4.76. The molecule has 0 fully saturated rings. The molecule has 118 valence electrons. The van der Waals surface area contributed by atoms with Gasteiger partial charge in [-0.25, -0.2) is 0 Å². The van der Waals surface area contributed by atoms with Gasteiger partial charge in [-0.2, -0.15) is 0 Å². The quantitative estimate of drug-likeness (QED) is 0.763. The summed E-state index contributed by atoms with van der Waals surface area (Å²) in [5.74, 6) is 1.63. The number of benzene rings is 2. The average Bonchev–Trinajstić information content (AvgIpc) is 2.64. The first-order chi connectivity index (χ1) is 11.8. The number of nitrogens with zero attached hydrogens (tertiary/aromatic N) is 2. The number of allylic oxidation sites excluding steroid dienone is 2. The Morgan fingerprint density at radius 1 is 0.833 bits per heavy atom. The average molecular weight is 316 g/mol. The molecule has 2 aromatic carbocycles. The van der Waals surface area contributed by atoms with Crippen LogP contribution < -0.4 is 9.47 Å². The summed E-state index contributed by atoms with van der Waals surface area (Å²) in [5.41, 5.74) is 3.78. The van der Waals surface area contributed by atoms with Crippen molar-refractivity contribution < 1.29 is 9.47 Å². The fourth-order valence-electron chi connectivity index (χ4n) is 3.05. The van der Waals surface area contributed by atoms with Gasteiger partial charge in [-0.15, -0.1) is 10.5 Å². The van der Waals surface area contributed by atoms with Gasteiger partial charge in [0.1, 0.15) is 11.5 Å². The summed E-state index contributed by atoms with van der Waals surface area (Å²) in [6.07, 6.45) is 8.73. The van der Waals surface area contributed by atoms with E-state index in [1.807, 2.05) is 48.5 Å². The number of rotatable bonds is 4. The summed E-state index contributed by atoms with van der Waals surface area (Å²) < 4.78 is 9.62. The maximum absolute atomic E-state index is 8.52. The Labute approximate surface area is 141 Å². The maximum atomic E-state index is 8.52. The minimum atomic E-state index is 0.492. The highest BCUT2D eigenvalue weighted by atomic mass is 16.5. The van der Waals surface area contributed by atoms with E-state index in [0.29, 0.717) is 17.4 Å². The fraction of sp³-hybridized carbons (Fsp3) is 0.200. The van der Waals surface area contributed by atoms with Gasteiger partial charge in [-0.05, 0) is 66.1 Å². The second-order valence-electron chi connectivity index (χ2n) is 5.68. The highest BCUT2D eigenvalue weighted by Gasteiger charge is 2.17. The van der Waals surface area contributed by atoms with E-state index in [1.54, 1.807) is 12.5 Å². The van der Waals surface area contributed by atoms with Crippen LogP contribution in [0, 0.1) is 23.0 Å². The van der Waals surface area contributed by atoms with E-state index < -0.39 is 0 Å². The molecule has 0 heterocycles. The van der Waals surface area contributed by atoms with Crippen LogP contribution in [0.5, 0.6) is 11.5 Å². The lowest BCUT2D eigenvalue weighted by Gasteiger charge is -2.22. The van der Waals surface area contributed by atoms with Crippen molar-refractivity contribution in [2.24, 2.45) is 0 Å². The zero-order valence-corrected chi connectivity index (χ0v) is 13.1. The van der Waals surface area contributed by atoms with E-state index in [9.17, 15) is 0 Å². The van der Waals surface area contributed by atoms with E-state index in [4.69, 9.17) is 20.0 Å². The monoisotopic (exact) mass is 316 g/mol. The van der Waals surface area contributed by atoms with Crippen molar-refractivity contribution in [3.05, 3.63) is 65.7 Å². The molecule has 0 aromatic heterocycles. The summed E-state index contributed by atoms with van der Waals surface area (Å²) in [4.78, 5) is 0. The Morgan fingerprint density at radius 3 is 1.92 bits per heavy atom. The Balaban J connectivity index is 1.67. The highest BCUT2D eigenvalue weighted by molar-refractivity contribution is 5.67. The van der Waals surface area contributed by atoms with Gasteiger partial charge in [-0.1, -0.05) is 30.3 Å². The zero-order chi connectivity index (χ0) is 16.8. The Hall–Kier alpha value is -3.24. The minimum Gasteiger partial charge on any atom is -0.388 e. The summed E-state index contributed by atoms with van der Waals surface area (Å²) in [5, 5.41) is 17.0. The smallest absolute Gasteiger partial charge is 0.292 e. The van der Waals surface area contributed by atoms with E-state index in [2.05, 4.69) is 6.08 Å². The number of hydrogen-bond acceptors (Lipinski definition) is 4. The third kappa shape index (κ3) is 3.56. The second kappa shape index (κ2) is 7.35. The van der Waals surface area contributed by atoms with Crippen LogP contribution in [-0.2, 0) is 0 Å². The molecule has 0 radical (unpaired) electrons. The van der Waals surface area contributed by atoms with Crippen LogP contribution in [0.3, 0.4) is 0 Å². The van der Waals surface area contributed by atoms with Crippen LogP contribution in [0.1, 0.15) is 36.3 Å². The van der Waals surface area contributed by atoms with Crippen molar-refractivity contribution in [2.75, 3.05) is 0 Å². The molecule has 0 N–H and O–H groups in total. The third-order valence-electron chi connectivity index (χ3n) is 4.31. The van der Waals surface area contributed by atoms with Crippen LogP contribution in [0.2, 0.25) is 0 Å². The lowest BCUT2D eigenvalue weighted by molar-refractivity contribution is 0.506. The predicted molar refractivity (Wildman–Crippen MR) is 89.9 cm³/mol. The van der Waals surface area contributed by atoms with Gasteiger partial charge in [0.25, 0.3) is 12.5 Å². The van der Waals surface area contributed by atoms with Crippen LogP contribution >= 0.6 is 0 Å². The maximum Gasteiger partial charge on any atom is 0.292 e. The Morgan fingerprint density at radius 2 is 1.42 bits per heavy atom. The molecule has 0 bridgehead atoms. The van der Waals surface area contributed by atoms with Crippen LogP contribution in [0.15, 0.2) is 54.6 Å². The SMILES string of the molecule is N#COc1ccc(C2=CCC(c3ccc(OC#N)cc3)CC2)cc1. The molecule has 2 aromatic rings. The molecule has 1 aliphatic carbocycles. The molecule has 4 nitrogen and oxygen atoms in total. The molecular weight excluding hydrogens is 300 g/mol. The van der Waals surface area contributed by atoms with Gasteiger partial charge >= 0.3 is 0 Å². The van der Waals surface area contributed by atoms with Crippen molar-refractivity contribution in [3.63, 3.8) is 0 Å². The molecule has 0 aliphatic heterocycles. The second-order valence-corrected chi connectivity index (χ2v) is 5.68. The van der Waals surface area contributed by atoms with Crippen molar-refractivity contribution in [1.29, 1.82) is 10.5 Å². The molecule has 24 heavy (non-hydrogen) atoms. The van der Waals surface area contributed by atoms with Crippen LogP contribution in [-0.4, -0.2) is 0 Å². The van der Waals surface area contributed by atoms with Crippen molar-refractivity contribution >= 4 is 5.57 Å². The van der Waals surface area contributed by atoms with Crippen LogP contribution in [0.25, 0.3) is 5.57 Å². The minimum absolute atomic E-state index is 0.492. The first kappa shape index (κ1) is 15.6. The summed E-state index contributed by atoms with van der Waals surface area (Å²) in [6.45, 7) is 0. The molecule has 0 amide bonds. The largest absolute Gasteiger partial charge is 0.388 e. The number of hydrogen-bond donors (Lipinski definition) is 0. The summed E-state index contributed by atoms with van der Waals surface area (Å²) >= 11 is 0. The molecule has 0 saturated carbocycles. The van der Waals surface area contributed by atoms with Gasteiger partial charge in [-0.3, -0.25) is 0 Å². The van der Waals surface area contributed by atoms with E-state index in [-0.39, 0.29) is 0 Å². The van der Waals surface area contributed by atoms with E-state index in [0.717, 1.165) is 19.3 Å². The van der Waals surface area contributed by atoms with E-state index in [1.165, 1.54) is 16.7 Å². The fourth-order valence-corrected chi connectivity index (χ4v) is 3.05. The molecule has 1 aliphatic rings. The Bertz CT molecular complexity index is 809. The van der Waals surface area contributed by atoms with Gasteiger partial charge in [0.2, 0.25) is 0 Å². The van der Waals surface area contributed by atoms with Gasteiger partial charge < -0.3 is 9.47 Å². The zero-order valence-electron chi connectivity index (χ0n) is 13.1. The Kier molecular flexibility index (Phi) is 4.79. The van der Waals surface area contributed by atoms with Crippen LogP contribution in [0.4, 0.5) is 0 Å². The van der Waals surface area contributed by atoms with Crippen molar-refractivity contribution in [3.8, 4) is 24.0 Å². The van der Waals surface area contributed by atoms with Crippen molar-refractivity contribution in [2.45, 2.75) is 25.2 Å². The molecular formula is C20H16N2O2. The molecule has 1 unspecified atom stereocenters. The lowest BCUT2D eigenvalue weighted by atomic mass is 9.83. The van der Waals surface area contributed by atoms with E-state index >= 15 is 0 Å². The van der Waals surface area contributed by atoms with Gasteiger partial charge in [0, 0.05) is 0 Å². The standard InChI is InChI=1S/C20H16N2O2/c21-13-23-19-9-5-17(6-10-19)15-1-2-16(4-3-15)18-7-11-20(12-8-18)24-14-22/h1,5-12,16H,2-4H2. The van der Waals surface area contributed by atoms with Gasteiger partial charge in [0.15, 0.2) is 0 Å². The normalized spacial score (nSPS) is 16.4. The lowest BCUT2D eigenvalue weighted by Crippen LogP contribution is -2.04. The molecule has 0 saturated heterocycles. The van der Waals surface area contributed by atoms with Crippen molar-refractivity contribution in [1.82, 2.24) is 0 Å².